The molecule has 0 bridgehead atoms. The van der Waals surface area contributed by atoms with E-state index in [9.17, 15) is 22.8 Å². The molecule has 2 heterocycles. The van der Waals surface area contributed by atoms with Crippen molar-refractivity contribution in [3.05, 3.63) is 83.1 Å². The van der Waals surface area contributed by atoms with Crippen molar-refractivity contribution in [3.8, 4) is 22.8 Å². The van der Waals surface area contributed by atoms with Crippen LogP contribution in [0.4, 0.5) is 29.3 Å². The summed E-state index contributed by atoms with van der Waals surface area (Å²) in [7, 11) is 1.56. The van der Waals surface area contributed by atoms with E-state index in [1.54, 1.807) is 25.3 Å². The van der Waals surface area contributed by atoms with Crippen molar-refractivity contribution in [2.45, 2.75) is 19.9 Å². The van der Waals surface area contributed by atoms with E-state index < -0.39 is 12.4 Å². The number of thioether (sulfide) groups is 1. The van der Waals surface area contributed by atoms with Crippen molar-refractivity contribution in [1.29, 1.82) is 0 Å². The molecule has 1 aliphatic heterocycles. The first-order valence-corrected chi connectivity index (χ1v) is 13.9. The molecule has 0 aliphatic carbocycles. The van der Waals surface area contributed by atoms with E-state index in [4.69, 9.17) is 16.3 Å². The van der Waals surface area contributed by atoms with Crippen molar-refractivity contribution in [2.75, 3.05) is 23.1 Å². The molecule has 0 atom stereocenters. The van der Waals surface area contributed by atoms with Crippen LogP contribution < -0.4 is 15.0 Å². The molecule has 1 saturated heterocycles. The summed E-state index contributed by atoms with van der Waals surface area (Å²) in [6, 6.07) is 14.8. The van der Waals surface area contributed by atoms with Gasteiger partial charge in [-0.15, -0.1) is 18.3 Å². The quantitative estimate of drug-likeness (QED) is 0.245. The predicted molar refractivity (Wildman–Crippen MR) is 157 cm³/mol. The van der Waals surface area contributed by atoms with Gasteiger partial charge in [-0.1, -0.05) is 35.5 Å². The molecule has 0 spiro atoms. The van der Waals surface area contributed by atoms with Crippen LogP contribution >= 0.6 is 23.4 Å². The Morgan fingerprint density at radius 3 is 2.60 bits per heavy atom. The highest BCUT2D eigenvalue weighted by atomic mass is 35.5. The zero-order chi connectivity index (χ0) is 30.7. The number of hydrogen-bond acceptors (Lipinski definition) is 7. The van der Waals surface area contributed by atoms with Gasteiger partial charge >= 0.3 is 12.4 Å². The number of urea groups is 1. The number of aryl methyl sites for hydroxylation is 1. The molecule has 43 heavy (non-hydrogen) atoms. The Bertz CT molecular complexity index is 1710. The fourth-order valence-electron chi connectivity index (χ4n) is 4.14. The third-order valence-corrected chi connectivity index (χ3v) is 7.28. The van der Waals surface area contributed by atoms with Gasteiger partial charge in [-0.2, -0.15) is 4.99 Å². The van der Waals surface area contributed by atoms with Gasteiger partial charge in [0.1, 0.15) is 12.1 Å². The molecule has 1 aromatic heterocycles. The van der Waals surface area contributed by atoms with Gasteiger partial charge < -0.3 is 14.8 Å². The van der Waals surface area contributed by atoms with Crippen molar-refractivity contribution in [3.63, 3.8) is 0 Å². The number of hydrogen-bond donors (Lipinski definition) is 1. The maximum atomic E-state index is 12.9. The summed E-state index contributed by atoms with van der Waals surface area (Å²) in [4.78, 5) is 35.4. The molecule has 10 nitrogen and oxygen atoms in total. The second-order valence-electron chi connectivity index (χ2n) is 9.16. The second kappa shape index (κ2) is 12.5. The zero-order valence-electron chi connectivity index (χ0n) is 22.6. The van der Waals surface area contributed by atoms with Crippen LogP contribution in [0.2, 0.25) is 5.02 Å². The fourth-order valence-corrected chi connectivity index (χ4v) is 5.23. The monoisotopic (exact) mass is 630 g/mol. The van der Waals surface area contributed by atoms with Crippen LogP contribution in [0.3, 0.4) is 0 Å². The average molecular weight is 631 g/mol. The Morgan fingerprint density at radius 1 is 1.14 bits per heavy atom. The second-order valence-corrected chi connectivity index (χ2v) is 10.5. The van der Waals surface area contributed by atoms with Crippen molar-refractivity contribution < 1.29 is 32.2 Å². The average Bonchev–Trinajstić information content (AvgIpc) is 3.58. The van der Waals surface area contributed by atoms with Crippen LogP contribution in [0.15, 0.2) is 72.0 Å². The number of alkyl halides is 3. The molecular formula is C28H22ClF3N6O4S. The maximum Gasteiger partial charge on any atom is 0.573 e. The maximum absolute atomic E-state index is 12.9. The number of aliphatic imine (C=N–C) groups is 1. The highest BCUT2D eigenvalue weighted by Gasteiger charge is 2.32. The van der Waals surface area contributed by atoms with Crippen LogP contribution in [0.1, 0.15) is 11.1 Å². The topological polar surface area (TPSA) is 111 Å². The number of anilines is 2. The lowest BCUT2D eigenvalue weighted by atomic mass is 10.1. The van der Waals surface area contributed by atoms with Gasteiger partial charge in [-0.05, 0) is 61.0 Å². The van der Waals surface area contributed by atoms with Gasteiger partial charge in [0.25, 0.3) is 0 Å². The van der Waals surface area contributed by atoms with Crippen molar-refractivity contribution >= 4 is 51.8 Å². The number of amidine groups is 1. The fraction of sp³-hybridized carbons (Fsp3) is 0.179. The molecule has 15 heteroatoms. The Kier molecular flexibility index (Phi) is 8.71. The number of nitrogens with one attached hydrogen (secondary N) is 1. The number of halogens is 4. The van der Waals surface area contributed by atoms with E-state index >= 15 is 0 Å². The highest BCUT2D eigenvalue weighted by Crippen LogP contribution is 2.32. The number of amides is 3. The van der Waals surface area contributed by atoms with Gasteiger partial charge in [0.2, 0.25) is 5.91 Å². The molecule has 0 saturated carbocycles. The molecule has 0 radical (unpaired) electrons. The van der Waals surface area contributed by atoms with Gasteiger partial charge in [-0.25, -0.2) is 14.5 Å². The Balaban J connectivity index is 1.30. The van der Waals surface area contributed by atoms with Gasteiger partial charge in [0, 0.05) is 18.2 Å². The lowest BCUT2D eigenvalue weighted by molar-refractivity contribution is -0.274. The highest BCUT2D eigenvalue weighted by molar-refractivity contribution is 8.15. The molecule has 3 aromatic carbocycles. The minimum atomic E-state index is -4.79. The Hall–Kier alpha value is -4.40. The van der Waals surface area contributed by atoms with Crippen molar-refractivity contribution in [1.82, 2.24) is 14.8 Å². The summed E-state index contributed by atoms with van der Waals surface area (Å²) in [5, 5.41) is 7.40. The van der Waals surface area contributed by atoms with E-state index in [2.05, 4.69) is 25.1 Å². The molecule has 4 aromatic rings. The summed E-state index contributed by atoms with van der Waals surface area (Å²) in [6.07, 6.45) is -3.37. The summed E-state index contributed by atoms with van der Waals surface area (Å²) >= 11 is 7.59. The summed E-state index contributed by atoms with van der Waals surface area (Å²) < 4.78 is 47.8. The van der Waals surface area contributed by atoms with Gasteiger partial charge in [0.05, 0.1) is 34.4 Å². The Labute approximate surface area is 252 Å². The molecule has 3 amide bonds. The number of benzene rings is 3. The molecule has 222 valence electrons. The smallest absolute Gasteiger partial charge is 0.406 e. The van der Waals surface area contributed by atoms with Crippen LogP contribution in [0, 0.1) is 6.92 Å². The molecule has 5 rings (SSSR count). The summed E-state index contributed by atoms with van der Waals surface area (Å²) in [6.45, 7) is 2.18. The largest absolute Gasteiger partial charge is 0.573 e. The first-order chi connectivity index (χ1) is 20.5. The number of aromatic nitrogens is 3. The van der Waals surface area contributed by atoms with Crippen LogP contribution in [-0.4, -0.2) is 51.1 Å². The number of nitrogens with zero attached hydrogens (tertiary/aromatic N) is 5. The molecular weight excluding hydrogens is 609 g/mol. The van der Waals surface area contributed by atoms with Crippen molar-refractivity contribution in [2.24, 2.45) is 4.99 Å². The lowest BCUT2D eigenvalue weighted by Crippen LogP contribution is -2.31. The van der Waals surface area contributed by atoms with Gasteiger partial charge in [0.15, 0.2) is 11.0 Å². The zero-order valence-corrected chi connectivity index (χ0v) is 24.1. The predicted octanol–water partition coefficient (Wildman–Crippen LogP) is 6.61. The van der Waals surface area contributed by atoms with E-state index in [1.807, 2.05) is 25.1 Å². The van der Waals surface area contributed by atoms with Crippen LogP contribution in [-0.2, 0) is 16.1 Å². The summed E-state index contributed by atoms with van der Waals surface area (Å²) in [5.41, 5.74) is 3.57. The number of carbonyl (C=O) groups is 2. The third kappa shape index (κ3) is 7.16. The normalized spacial score (nSPS) is 14.4. The molecule has 1 N–H and O–H groups in total. The Morgan fingerprint density at radius 2 is 1.91 bits per heavy atom. The standard InChI is InChI=1S/C28H22ClF3N6O4S/c1-16-3-4-18(13-41-2)23(11-16)38-24(39)14-43-27(38)35-26(40)34-22-10-7-19(12-21(22)29)37-15-33-25(36-37)17-5-8-20(9-6-17)42-28(30,31)32/h3-12,15H,13-14H2,1-2H3,(H,34,40). The van der Waals surface area contributed by atoms with Gasteiger partial charge in [-0.3, -0.25) is 9.69 Å². The number of rotatable bonds is 7. The number of carbonyl (C=O) groups excluding carboxylic acids is 2. The van der Waals surface area contributed by atoms with Crippen LogP contribution in [0.5, 0.6) is 5.75 Å². The first kappa shape index (κ1) is 30.1. The SMILES string of the molecule is COCc1ccc(C)cc1N1C(=O)CSC1=NC(=O)Nc1ccc(-n2cnc(-c3ccc(OC(F)(F)F)cc3)n2)cc1Cl. The van der Waals surface area contributed by atoms with E-state index in [0.717, 1.165) is 22.9 Å². The number of methoxy groups -OCH3 is 1. The minimum Gasteiger partial charge on any atom is -0.406 e. The van der Waals surface area contributed by atoms with Crippen LogP contribution in [0.25, 0.3) is 17.1 Å². The minimum absolute atomic E-state index is 0.132. The summed E-state index contributed by atoms with van der Waals surface area (Å²) in [5.74, 6) is -0.173. The van der Waals surface area contributed by atoms with E-state index in [0.29, 0.717) is 16.9 Å². The first-order valence-electron chi connectivity index (χ1n) is 12.5. The van der Waals surface area contributed by atoms with E-state index in [-0.39, 0.29) is 45.7 Å². The molecule has 0 unspecified atom stereocenters. The molecule has 1 aliphatic rings. The molecule has 1 fully saturated rings. The number of ether oxygens (including phenoxy) is 2. The lowest BCUT2D eigenvalue weighted by Gasteiger charge is -2.20. The third-order valence-electron chi connectivity index (χ3n) is 6.04. The van der Waals surface area contributed by atoms with E-state index in [1.165, 1.54) is 40.2 Å².